The molecule has 34 heavy (non-hydrogen) atoms. The van der Waals surface area contributed by atoms with Gasteiger partial charge in [-0.05, 0) is 18.2 Å². The van der Waals surface area contributed by atoms with Gasteiger partial charge in [-0.15, -0.1) is 0 Å². The van der Waals surface area contributed by atoms with Crippen molar-refractivity contribution in [1.29, 1.82) is 5.26 Å². The zero-order valence-corrected chi connectivity index (χ0v) is 17.1. The largest absolute Gasteiger partial charge is 0.382 e. The summed E-state index contributed by atoms with van der Waals surface area (Å²) in [6.07, 6.45) is -0.116. The summed E-state index contributed by atoms with van der Waals surface area (Å²) in [4.78, 5) is 24.8. The molecule has 0 saturated heterocycles. The maximum atomic E-state index is 14.4. The van der Waals surface area contributed by atoms with E-state index < -0.39 is 39.7 Å². The molecule has 13 heteroatoms. The van der Waals surface area contributed by atoms with Gasteiger partial charge in [-0.3, -0.25) is 9.36 Å². The van der Waals surface area contributed by atoms with E-state index in [1.54, 1.807) is 0 Å². The van der Waals surface area contributed by atoms with E-state index in [9.17, 15) is 27.6 Å². The summed E-state index contributed by atoms with van der Waals surface area (Å²) >= 11 is 0. The Hall–Kier alpha value is -4.73. The highest BCUT2D eigenvalue weighted by molar-refractivity contribution is 5.78. The van der Waals surface area contributed by atoms with Crippen molar-refractivity contribution in [2.24, 2.45) is 0 Å². The average Bonchev–Trinajstić information content (AvgIpc) is 2.73. The van der Waals surface area contributed by atoms with E-state index in [1.165, 1.54) is 0 Å². The zero-order valence-electron chi connectivity index (χ0n) is 17.1. The van der Waals surface area contributed by atoms with Gasteiger partial charge >= 0.3 is 0 Å². The number of fused-ring (bicyclic) bond motifs is 1. The normalized spacial score (nSPS) is 10.9. The van der Waals surface area contributed by atoms with Crippen LogP contribution in [0.2, 0.25) is 0 Å². The lowest BCUT2D eigenvalue weighted by Crippen LogP contribution is -2.26. The van der Waals surface area contributed by atoms with Gasteiger partial charge in [0.25, 0.3) is 5.56 Å². The van der Waals surface area contributed by atoms with Crippen LogP contribution in [0.4, 0.5) is 35.1 Å². The Balaban J connectivity index is 1.82. The van der Waals surface area contributed by atoms with Crippen LogP contribution in [0.5, 0.6) is 0 Å². The summed E-state index contributed by atoms with van der Waals surface area (Å²) in [5, 5.41) is 11.6. The van der Waals surface area contributed by atoms with Crippen LogP contribution in [0.3, 0.4) is 0 Å². The van der Waals surface area contributed by atoms with Crippen molar-refractivity contribution in [3.8, 4) is 11.8 Å². The highest BCUT2D eigenvalue weighted by Crippen LogP contribution is 2.21. The predicted octanol–water partition coefficient (Wildman–Crippen LogP) is 2.42. The van der Waals surface area contributed by atoms with E-state index in [2.05, 4.69) is 20.3 Å². The summed E-state index contributed by atoms with van der Waals surface area (Å²) in [5.41, 5.74) is 9.56. The first-order valence-corrected chi connectivity index (χ1v) is 9.62. The molecule has 0 fully saturated rings. The average molecular weight is 470 g/mol. The second-order valence-electron chi connectivity index (χ2n) is 7.06. The van der Waals surface area contributed by atoms with Gasteiger partial charge in [0.05, 0.1) is 11.1 Å². The quantitative estimate of drug-likeness (QED) is 0.377. The number of nitrogens with zero attached hydrogens (tertiary/aromatic N) is 5. The van der Waals surface area contributed by atoms with Gasteiger partial charge < -0.3 is 16.8 Å². The molecule has 0 radical (unpaired) electrons. The van der Waals surface area contributed by atoms with Crippen LogP contribution in [0, 0.1) is 34.6 Å². The topological polar surface area (TPSA) is 149 Å². The first-order valence-electron chi connectivity index (χ1n) is 9.62. The molecular weight excluding hydrogens is 456 g/mol. The molecule has 5 N–H and O–H groups in total. The van der Waals surface area contributed by atoms with Gasteiger partial charge in [0.15, 0.2) is 11.6 Å². The maximum absolute atomic E-state index is 14.4. The molecule has 0 amide bonds. The number of anilines is 3. The standard InChI is InChI=1S/C21H14F4N8O/c22-9-3-10(23)5-12(4-9)33-16(30-17-13(20(33)34)6-11(24)7-15(17)25)1-2-29-19-14(8-26)18(27)31-21(28)32-19/h3-7H,1-2H2,(H5,27,28,29,31,32). The summed E-state index contributed by atoms with van der Waals surface area (Å²) in [6, 6.07) is 5.54. The van der Waals surface area contributed by atoms with Crippen LogP contribution in [0.25, 0.3) is 16.6 Å². The number of nitriles is 1. The second-order valence-corrected chi connectivity index (χ2v) is 7.06. The fraction of sp³-hybridized carbons (Fsp3) is 0.0952. The minimum atomic E-state index is -1.08. The number of nitrogens with one attached hydrogen (secondary N) is 1. The molecule has 2 aromatic heterocycles. The Bertz CT molecular complexity index is 1530. The molecule has 0 aliphatic rings. The second kappa shape index (κ2) is 8.66. The molecular formula is C21H14F4N8O. The molecule has 0 aliphatic carbocycles. The summed E-state index contributed by atoms with van der Waals surface area (Å²) in [7, 11) is 0. The highest BCUT2D eigenvalue weighted by atomic mass is 19.1. The van der Waals surface area contributed by atoms with Crippen molar-refractivity contribution >= 4 is 28.5 Å². The summed E-state index contributed by atoms with van der Waals surface area (Å²) in [6.45, 7) is -0.0386. The number of nitrogens with two attached hydrogens (primary N) is 2. The number of rotatable bonds is 5. The van der Waals surface area contributed by atoms with Gasteiger partial charge in [0.2, 0.25) is 5.95 Å². The number of halogens is 4. The lowest BCUT2D eigenvalue weighted by Gasteiger charge is -2.15. The maximum Gasteiger partial charge on any atom is 0.266 e. The Labute approximate surface area is 188 Å². The van der Waals surface area contributed by atoms with Crippen molar-refractivity contribution in [1.82, 2.24) is 19.5 Å². The van der Waals surface area contributed by atoms with E-state index >= 15 is 0 Å². The van der Waals surface area contributed by atoms with E-state index in [1.807, 2.05) is 6.07 Å². The van der Waals surface area contributed by atoms with E-state index in [0.717, 1.165) is 22.8 Å². The lowest BCUT2D eigenvalue weighted by molar-refractivity contribution is 0.579. The van der Waals surface area contributed by atoms with E-state index in [0.29, 0.717) is 12.1 Å². The lowest BCUT2D eigenvalue weighted by atomic mass is 10.2. The molecule has 0 atom stereocenters. The number of hydrogen-bond donors (Lipinski definition) is 3. The van der Waals surface area contributed by atoms with E-state index in [4.69, 9.17) is 11.5 Å². The highest BCUT2D eigenvalue weighted by Gasteiger charge is 2.18. The predicted molar refractivity (Wildman–Crippen MR) is 115 cm³/mol. The molecule has 4 aromatic rings. The van der Waals surface area contributed by atoms with Crippen LogP contribution < -0.4 is 22.3 Å². The smallest absolute Gasteiger partial charge is 0.266 e. The minimum Gasteiger partial charge on any atom is -0.382 e. The van der Waals surface area contributed by atoms with Crippen LogP contribution in [0.1, 0.15) is 11.4 Å². The van der Waals surface area contributed by atoms with Crippen molar-refractivity contribution in [3.05, 3.63) is 75.3 Å². The molecule has 2 aromatic carbocycles. The number of benzene rings is 2. The molecule has 9 nitrogen and oxygen atoms in total. The molecule has 0 aliphatic heterocycles. The number of aromatic nitrogens is 4. The molecule has 0 bridgehead atoms. The van der Waals surface area contributed by atoms with Crippen molar-refractivity contribution in [2.45, 2.75) is 6.42 Å². The van der Waals surface area contributed by atoms with Gasteiger partial charge in [0.1, 0.15) is 46.2 Å². The van der Waals surface area contributed by atoms with Crippen LogP contribution >= 0.6 is 0 Å². The Morgan fingerprint density at radius 1 is 0.971 bits per heavy atom. The number of hydrogen-bond acceptors (Lipinski definition) is 8. The van der Waals surface area contributed by atoms with Crippen molar-refractivity contribution < 1.29 is 17.6 Å². The Morgan fingerprint density at radius 2 is 1.65 bits per heavy atom. The third kappa shape index (κ3) is 4.16. The van der Waals surface area contributed by atoms with Gasteiger partial charge in [0, 0.05) is 25.1 Å². The van der Waals surface area contributed by atoms with Crippen LogP contribution in [-0.4, -0.2) is 26.1 Å². The van der Waals surface area contributed by atoms with Crippen LogP contribution in [-0.2, 0) is 6.42 Å². The molecule has 4 rings (SSSR count). The summed E-state index contributed by atoms with van der Waals surface area (Å²) in [5.74, 6) is -4.48. The first-order chi connectivity index (χ1) is 16.2. The Kier molecular flexibility index (Phi) is 5.72. The summed E-state index contributed by atoms with van der Waals surface area (Å²) < 4.78 is 56.7. The fourth-order valence-electron chi connectivity index (χ4n) is 3.39. The van der Waals surface area contributed by atoms with Gasteiger partial charge in [-0.2, -0.15) is 15.2 Å². The van der Waals surface area contributed by atoms with E-state index in [-0.39, 0.29) is 47.6 Å². The number of nitrogen functional groups attached to an aromatic ring is 2. The van der Waals surface area contributed by atoms with Gasteiger partial charge in [-0.1, -0.05) is 0 Å². The van der Waals surface area contributed by atoms with Crippen molar-refractivity contribution in [3.63, 3.8) is 0 Å². The van der Waals surface area contributed by atoms with Gasteiger partial charge in [-0.25, -0.2) is 22.5 Å². The molecule has 0 unspecified atom stereocenters. The Morgan fingerprint density at radius 3 is 2.32 bits per heavy atom. The molecule has 0 saturated carbocycles. The zero-order chi connectivity index (χ0) is 24.6. The molecule has 2 heterocycles. The monoisotopic (exact) mass is 470 g/mol. The first kappa shape index (κ1) is 22.5. The molecule has 172 valence electrons. The third-order valence-electron chi connectivity index (χ3n) is 4.77. The minimum absolute atomic E-state index is 0.00670. The third-order valence-corrected chi connectivity index (χ3v) is 4.77. The SMILES string of the molecule is N#Cc1c(N)nc(N)nc1NCCc1nc2c(F)cc(F)cc2c(=O)n1-c1cc(F)cc(F)c1. The molecule has 0 spiro atoms. The van der Waals surface area contributed by atoms with Crippen LogP contribution in [0.15, 0.2) is 35.1 Å². The fourth-order valence-corrected chi connectivity index (χ4v) is 3.39. The van der Waals surface area contributed by atoms with Crippen molar-refractivity contribution in [2.75, 3.05) is 23.3 Å².